The fraction of sp³-hybridized carbons (Fsp3) is 0.429. The molecule has 1 saturated heterocycles. The van der Waals surface area contributed by atoms with Gasteiger partial charge in [-0.25, -0.2) is 14.4 Å². The fourth-order valence-electron chi connectivity index (χ4n) is 2.89. The Kier molecular flexibility index (Phi) is 3.24. The molecular weight excluding hydrogens is 359 g/mol. The molecule has 1 aliphatic heterocycles. The molecule has 0 amide bonds. The van der Waals surface area contributed by atoms with Gasteiger partial charge in [-0.3, -0.25) is 4.90 Å². The summed E-state index contributed by atoms with van der Waals surface area (Å²) in [6, 6.07) is -1.80. The van der Waals surface area contributed by atoms with Crippen molar-refractivity contribution in [3.05, 3.63) is 52.8 Å². The van der Waals surface area contributed by atoms with Gasteiger partial charge in [0, 0.05) is 33.2 Å². The monoisotopic (exact) mass is 392 g/mol. The topological polar surface area (TPSA) is 41.0 Å². The van der Waals surface area contributed by atoms with Gasteiger partial charge in [-0.15, -0.1) is 11.3 Å². The molecule has 1 fully saturated rings. The summed E-state index contributed by atoms with van der Waals surface area (Å²) >= 11 is 1.20. The molecule has 2 aromatic heterocycles. The quantitative estimate of drug-likeness (QED) is 0.661. The van der Waals surface area contributed by atoms with Crippen LogP contribution in [0.4, 0.5) is 10.2 Å². The van der Waals surface area contributed by atoms with E-state index < -0.39 is 36.3 Å². The van der Waals surface area contributed by atoms with Crippen molar-refractivity contribution in [2.24, 2.45) is 0 Å². The Morgan fingerprint density at radius 2 is 2.26 bits per heavy atom. The van der Waals surface area contributed by atoms with E-state index in [-0.39, 0.29) is 49.4 Å². The number of rotatable bonds is 5. The first-order chi connectivity index (χ1) is 16.3. The highest BCUT2D eigenvalue weighted by Crippen LogP contribution is 2.33. The second-order valence-corrected chi connectivity index (χ2v) is 7.56. The number of thiophene rings is 1. The minimum atomic E-state index is -1.42. The van der Waals surface area contributed by atoms with Crippen LogP contribution in [0, 0.1) is 5.82 Å². The third kappa shape index (κ3) is 4.28. The lowest BCUT2D eigenvalue weighted by Gasteiger charge is -2.32. The molecule has 0 aliphatic carbocycles. The number of nitrogens with zero attached hydrogens (tertiary/aromatic N) is 3. The van der Waals surface area contributed by atoms with Crippen LogP contribution in [-0.2, 0) is 6.52 Å². The van der Waals surface area contributed by atoms with Crippen LogP contribution in [0.3, 0.4) is 0 Å². The van der Waals surface area contributed by atoms with Gasteiger partial charge in [-0.05, 0) is 42.4 Å². The number of halogens is 1. The van der Waals surface area contributed by atoms with E-state index in [1.807, 2.05) is 0 Å². The summed E-state index contributed by atoms with van der Waals surface area (Å²) in [5.74, 6) is -1.97. The highest BCUT2D eigenvalue weighted by Gasteiger charge is 2.21. The van der Waals surface area contributed by atoms with Crippen LogP contribution < -0.4 is 5.31 Å². The van der Waals surface area contributed by atoms with E-state index in [0.717, 1.165) is 11.4 Å². The van der Waals surface area contributed by atoms with E-state index in [1.165, 1.54) is 17.7 Å². The van der Waals surface area contributed by atoms with Crippen LogP contribution in [0.2, 0.25) is 1.41 Å². The summed E-state index contributed by atoms with van der Waals surface area (Å²) in [5, 5.41) is 1.30. The van der Waals surface area contributed by atoms with Crippen molar-refractivity contribution in [1.82, 2.24) is 14.9 Å². The normalized spacial score (nSPS) is 23.2. The minimum Gasteiger partial charge on any atom is -0.367 e. The van der Waals surface area contributed by atoms with Crippen LogP contribution in [0.1, 0.15) is 52.6 Å². The molecule has 1 aromatic carbocycles. The Morgan fingerprint density at radius 3 is 3.04 bits per heavy atom. The molecule has 1 aliphatic rings. The molecule has 1 N–H and O–H groups in total. The molecule has 3 heterocycles. The van der Waals surface area contributed by atoms with Gasteiger partial charge in [0.25, 0.3) is 0 Å². The third-order valence-electron chi connectivity index (χ3n) is 4.31. The Bertz CT molecular complexity index is 1270. The van der Waals surface area contributed by atoms with Crippen molar-refractivity contribution in [3.63, 3.8) is 0 Å². The molecule has 4 rings (SSSR count). The molecule has 0 spiro atoms. The first-order valence-corrected chi connectivity index (χ1v) is 9.54. The summed E-state index contributed by atoms with van der Waals surface area (Å²) in [7, 11) is 0. The molecule has 1 unspecified atom stereocenters. The van der Waals surface area contributed by atoms with Gasteiger partial charge in [0.05, 0.1) is 12.2 Å². The maximum absolute atomic E-state index is 14.1. The summed E-state index contributed by atoms with van der Waals surface area (Å²) in [5.41, 5.74) is -0.126. The summed E-state index contributed by atoms with van der Waals surface area (Å²) < 4.78 is 80.7. The zero-order chi connectivity index (χ0) is 25.9. The number of likely N-dealkylation sites (tertiary alicyclic amines) is 1. The average molecular weight is 393 g/mol. The molecule has 4 nitrogen and oxygen atoms in total. The van der Waals surface area contributed by atoms with E-state index in [0.29, 0.717) is 15.1 Å². The molecule has 1 atom stereocenters. The highest BCUT2D eigenvalue weighted by atomic mass is 32.1. The van der Waals surface area contributed by atoms with E-state index >= 15 is 0 Å². The van der Waals surface area contributed by atoms with Crippen LogP contribution in [0.25, 0.3) is 10.2 Å². The number of hydrogen-bond donors (Lipinski definition) is 1. The molecule has 3 aromatic rings. The zero-order valence-electron chi connectivity index (χ0n) is 23.1. The van der Waals surface area contributed by atoms with Gasteiger partial charge in [-0.2, -0.15) is 0 Å². The van der Waals surface area contributed by atoms with Gasteiger partial charge >= 0.3 is 0 Å². The maximum atomic E-state index is 14.1. The van der Waals surface area contributed by atoms with Gasteiger partial charge in [-0.1, -0.05) is 26.0 Å². The lowest BCUT2D eigenvalue weighted by molar-refractivity contribution is 0.211. The number of fused-ring (bicyclic) bond motifs is 1. The van der Waals surface area contributed by atoms with Crippen LogP contribution in [-0.4, -0.2) is 34.0 Å². The maximum Gasteiger partial charge on any atom is 0.162 e. The summed E-state index contributed by atoms with van der Waals surface area (Å²) in [6.07, 6.45) is 1.54. The zero-order valence-corrected chi connectivity index (χ0v) is 16.0. The Morgan fingerprint density at radius 1 is 1.44 bits per heavy atom. The summed E-state index contributed by atoms with van der Waals surface area (Å²) in [4.78, 5) is 11.0. The molecule has 27 heavy (non-hydrogen) atoms. The molecule has 0 bridgehead atoms. The second-order valence-electron chi connectivity index (χ2n) is 6.56. The third-order valence-corrected chi connectivity index (χ3v) is 5.52. The predicted octanol–water partition coefficient (Wildman–Crippen LogP) is 5.03. The van der Waals surface area contributed by atoms with Gasteiger partial charge in [0.15, 0.2) is 1.41 Å². The number of piperidine rings is 1. The molecule has 142 valence electrons. The van der Waals surface area contributed by atoms with Crippen molar-refractivity contribution < 1.29 is 15.4 Å². The van der Waals surface area contributed by atoms with Crippen molar-refractivity contribution in [2.75, 3.05) is 18.4 Å². The van der Waals surface area contributed by atoms with E-state index in [2.05, 4.69) is 9.97 Å². The van der Waals surface area contributed by atoms with Crippen LogP contribution >= 0.6 is 11.3 Å². The summed E-state index contributed by atoms with van der Waals surface area (Å²) in [6.45, 7) is 2.51. The first-order valence-electron chi connectivity index (χ1n) is 12.7. The Hall–Kier alpha value is -2.05. The number of nitrogens with one attached hydrogen (secondary N) is 1. The molecular formula is C21H25FN4S. The van der Waals surface area contributed by atoms with E-state index in [1.54, 1.807) is 18.7 Å². The molecule has 0 saturated carbocycles. The highest BCUT2D eigenvalue weighted by molar-refractivity contribution is 7.18. The van der Waals surface area contributed by atoms with Crippen LogP contribution in [0.5, 0.6) is 0 Å². The van der Waals surface area contributed by atoms with E-state index in [9.17, 15) is 4.39 Å². The number of hydrogen-bond acceptors (Lipinski definition) is 5. The number of aromatic nitrogens is 2. The largest absolute Gasteiger partial charge is 0.367 e. The Labute approximate surface area is 174 Å². The Balaban J connectivity index is 1.59. The lowest BCUT2D eigenvalue weighted by Crippen LogP contribution is -2.38. The minimum absolute atomic E-state index is 0.0796. The van der Waals surface area contributed by atoms with E-state index in [4.69, 9.17) is 11.0 Å². The van der Waals surface area contributed by atoms with Crippen molar-refractivity contribution in [1.29, 1.82) is 0 Å². The SMILES string of the molecule is [2H]c1cc([2H])c(C([2H])N2CCC([2H])(N([2H])c3ncnc4sc(C([2H])(C)C)c([2H])c34)CC2)c([2H])c1F. The van der Waals surface area contributed by atoms with Gasteiger partial charge in [0.1, 0.15) is 22.8 Å². The lowest BCUT2D eigenvalue weighted by atomic mass is 10.0. The number of benzene rings is 1. The smallest absolute Gasteiger partial charge is 0.162 e. The van der Waals surface area contributed by atoms with Crippen molar-refractivity contribution in [3.8, 4) is 0 Å². The first kappa shape index (κ1) is 11.1. The van der Waals surface area contributed by atoms with Gasteiger partial charge < -0.3 is 5.31 Å². The van der Waals surface area contributed by atoms with Crippen molar-refractivity contribution in [2.45, 2.75) is 45.1 Å². The molecule has 6 heteroatoms. The van der Waals surface area contributed by atoms with Crippen molar-refractivity contribution >= 4 is 27.4 Å². The number of anilines is 1. The second kappa shape index (κ2) is 7.90. The van der Waals surface area contributed by atoms with Gasteiger partial charge in [0.2, 0.25) is 0 Å². The standard InChI is InChI=1S/C21H25FN4S/c1-14(2)19-11-18-20(23-13-24-21(18)27-19)25-17-6-8-26(9-7-17)12-15-4-3-5-16(22)10-15/h3-5,10-11,13-14,17H,6-9,12H2,1-2H3,(H,23,24,25)/i4D,5D,10D,11D,12D,14D,17D/hD. The fourth-order valence-corrected chi connectivity index (χ4v) is 3.78. The van der Waals surface area contributed by atoms with Crippen LogP contribution in [0.15, 0.2) is 36.6 Å². The predicted molar refractivity (Wildman–Crippen MR) is 110 cm³/mol. The molecule has 0 radical (unpaired) electrons. The average Bonchev–Trinajstić information content (AvgIpc) is 3.15.